The van der Waals surface area contributed by atoms with E-state index in [1.807, 2.05) is 37.3 Å². The van der Waals surface area contributed by atoms with Crippen LogP contribution in [0.4, 0.5) is 16.2 Å². The summed E-state index contributed by atoms with van der Waals surface area (Å²) in [5.41, 5.74) is 1.46. The van der Waals surface area contributed by atoms with Crippen LogP contribution < -0.4 is 15.4 Å². The maximum Gasteiger partial charge on any atom is 0.321 e. The number of urea groups is 1. The van der Waals surface area contributed by atoms with Gasteiger partial charge in [0.25, 0.3) is 5.91 Å². The van der Waals surface area contributed by atoms with Crippen molar-refractivity contribution in [2.24, 2.45) is 11.8 Å². The summed E-state index contributed by atoms with van der Waals surface area (Å²) in [7, 11) is 1.70. The maximum atomic E-state index is 13.7. The zero-order valence-electron chi connectivity index (χ0n) is 23.1. The number of rotatable bonds is 7. The quantitative estimate of drug-likeness (QED) is 0.479. The van der Waals surface area contributed by atoms with E-state index in [2.05, 4.69) is 10.6 Å². The van der Waals surface area contributed by atoms with E-state index in [0.717, 1.165) is 32.1 Å². The van der Waals surface area contributed by atoms with Crippen LogP contribution in [0.25, 0.3) is 0 Å². The molecule has 1 aliphatic heterocycles. The van der Waals surface area contributed by atoms with Crippen LogP contribution in [0.5, 0.6) is 5.75 Å². The number of nitrogens with one attached hydrogen (secondary N) is 2. The summed E-state index contributed by atoms with van der Waals surface area (Å²) < 4.78 is 6.53. The van der Waals surface area contributed by atoms with Crippen LogP contribution in [0.3, 0.4) is 0 Å². The van der Waals surface area contributed by atoms with Crippen molar-refractivity contribution in [2.75, 3.05) is 37.4 Å². The first-order valence-electron chi connectivity index (χ1n) is 13.9. The van der Waals surface area contributed by atoms with E-state index in [4.69, 9.17) is 4.74 Å². The lowest BCUT2D eigenvalue weighted by Crippen LogP contribution is -2.50. The van der Waals surface area contributed by atoms with Gasteiger partial charge in [0, 0.05) is 31.1 Å². The number of nitrogens with zero attached hydrogens (tertiary/aromatic N) is 2. The molecule has 2 aliphatic rings. The number of likely N-dealkylation sites (N-methyl/N-ethyl adjacent to an activating group) is 1. The van der Waals surface area contributed by atoms with Gasteiger partial charge in [-0.3, -0.25) is 9.59 Å². The van der Waals surface area contributed by atoms with E-state index >= 15 is 0 Å². The third-order valence-electron chi connectivity index (χ3n) is 7.75. The van der Waals surface area contributed by atoms with E-state index in [1.165, 1.54) is 0 Å². The van der Waals surface area contributed by atoms with Gasteiger partial charge in [-0.2, -0.15) is 0 Å². The summed E-state index contributed by atoms with van der Waals surface area (Å²) in [6.45, 7) is 4.18. The molecule has 1 heterocycles. The second kappa shape index (κ2) is 13.0. The van der Waals surface area contributed by atoms with Gasteiger partial charge in [0.2, 0.25) is 5.91 Å². The molecule has 2 aromatic carbocycles. The average molecular weight is 537 g/mol. The zero-order valence-corrected chi connectivity index (χ0v) is 23.1. The Balaban J connectivity index is 1.62. The molecule has 0 bridgehead atoms. The number of amides is 4. The van der Waals surface area contributed by atoms with E-state index < -0.39 is 12.1 Å². The predicted octanol–water partition coefficient (Wildman–Crippen LogP) is 4.59. The summed E-state index contributed by atoms with van der Waals surface area (Å²) >= 11 is 0. The highest BCUT2D eigenvalue weighted by molar-refractivity contribution is 6.02. The van der Waals surface area contributed by atoms with Crippen molar-refractivity contribution >= 4 is 29.2 Å². The van der Waals surface area contributed by atoms with Crippen LogP contribution in [-0.4, -0.2) is 71.6 Å². The molecule has 0 aromatic heterocycles. The lowest BCUT2D eigenvalue weighted by atomic mass is 9.88. The fourth-order valence-electron chi connectivity index (χ4n) is 5.25. The average Bonchev–Trinajstić information content (AvgIpc) is 2.95. The molecule has 0 unspecified atom stereocenters. The lowest BCUT2D eigenvalue weighted by Gasteiger charge is -2.38. The largest absolute Gasteiger partial charge is 0.485 e. The second-order valence-electron chi connectivity index (χ2n) is 10.8. The van der Waals surface area contributed by atoms with Gasteiger partial charge in [0.15, 0.2) is 5.75 Å². The van der Waals surface area contributed by atoms with Crippen LogP contribution in [0.15, 0.2) is 48.5 Å². The van der Waals surface area contributed by atoms with E-state index in [9.17, 15) is 19.5 Å². The number of carbonyl (C=O) groups is 3. The highest BCUT2D eigenvalue weighted by Crippen LogP contribution is 2.36. The van der Waals surface area contributed by atoms with Crippen molar-refractivity contribution in [3.63, 3.8) is 0 Å². The molecule has 3 atom stereocenters. The third kappa shape index (κ3) is 6.89. The monoisotopic (exact) mass is 536 g/mol. The van der Waals surface area contributed by atoms with Gasteiger partial charge >= 0.3 is 6.03 Å². The van der Waals surface area contributed by atoms with Gasteiger partial charge < -0.3 is 30.3 Å². The van der Waals surface area contributed by atoms with Gasteiger partial charge in [-0.1, -0.05) is 50.5 Å². The Bertz CT molecular complexity index is 1150. The zero-order chi connectivity index (χ0) is 27.9. The summed E-state index contributed by atoms with van der Waals surface area (Å²) in [6, 6.07) is 13.7. The molecule has 3 N–H and O–H groups in total. The highest BCUT2D eigenvalue weighted by atomic mass is 16.5. The second-order valence-corrected chi connectivity index (χ2v) is 10.8. The summed E-state index contributed by atoms with van der Waals surface area (Å²) in [5, 5.41) is 15.8. The molecule has 4 rings (SSSR count). The highest BCUT2D eigenvalue weighted by Gasteiger charge is 2.35. The minimum absolute atomic E-state index is 0.0627. The molecule has 4 amide bonds. The molecule has 210 valence electrons. The van der Waals surface area contributed by atoms with Crippen molar-refractivity contribution in [1.29, 1.82) is 0 Å². The maximum absolute atomic E-state index is 13.7. The molecule has 2 aromatic rings. The summed E-state index contributed by atoms with van der Waals surface area (Å²) in [6.07, 6.45) is 4.43. The Morgan fingerprint density at radius 1 is 1.08 bits per heavy atom. The minimum Gasteiger partial charge on any atom is -0.485 e. The summed E-state index contributed by atoms with van der Waals surface area (Å²) in [4.78, 5) is 43.0. The number of benzene rings is 2. The Morgan fingerprint density at radius 2 is 1.79 bits per heavy atom. The van der Waals surface area contributed by atoms with Crippen molar-refractivity contribution in [3.8, 4) is 5.75 Å². The molecule has 9 nitrogen and oxygen atoms in total. The third-order valence-corrected chi connectivity index (χ3v) is 7.75. The molecule has 1 aliphatic carbocycles. The van der Waals surface area contributed by atoms with Crippen LogP contribution in [0.2, 0.25) is 0 Å². The smallest absolute Gasteiger partial charge is 0.321 e. The van der Waals surface area contributed by atoms with E-state index in [0.29, 0.717) is 29.2 Å². The molecule has 1 fully saturated rings. The fraction of sp³-hybridized carbons (Fsp3) is 0.500. The number of anilines is 2. The predicted molar refractivity (Wildman–Crippen MR) is 151 cm³/mol. The number of fused-ring (bicyclic) bond motifs is 1. The van der Waals surface area contributed by atoms with Gasteiger partial charge in [-0.05, 0) is 44.0 Å². The number of ether oxygens (including phenoxy) is 1. The van der Waals surface area contributed by atoms with Crippen molar-refractivity contribution in [1.82, 2.24) is 9.80 Å². The molecule has 0 radical (unpaired) electrons. The molecule has 0 saturated heterocycles. The number of aliphatic hydroxyl groups is 1. The SMILES string of the molecule is C[C@@H]1CN([C@H](C)CO)C(=O)c2cccc(NC(=O)C3CCCCC3)c2O[C@@H]1CN(C)C(=O)Nc1ccccc1. The normalized spacial score (nSPS) is 20.6. The van der Waals surface area contributed by atoms with Crippen LogP contribution in [0.1, 0.15) is 56.3 Å². The lowest BCUT2D eigenvalue weighted by molar-refractivity contribution is -0.120. The molecule has 39 heavy (non-hydrogen) atoms. The molecule has 1 saturated carbocycles. The van der Waals surface area contributed by atoms with Crippen molar-refractivity contribution < 1.29 is 24.2 Å². The Labute approximate surface area is 230 Å². The van der Waals surface area contributed by atoms with Crippen LogP contribution in [-0.2, 0) is 4.79 Å². The Morgan fingerprint density at radius 3 is 2.49 bits per heavy atom. The topological polar surface area (TPSA) is 111 Å². The first-order valence-corrected chi connectivity index (χ1v) is 13.9. The van der Waals surface area contributed by atoms with Gasteiger partial charge in [0.1, 0.15) is 6.10 Å². The van der Waals surface area contributed by atoms with Crippen LogP contribution in [0, 0.1) is 11.8 Å². The molecule has 9 heteroatoms. The van der Waals surface area contributed by atoms with Gasteiger partial charge in [-0.25, -0.2) is 4.79 Å². The number of hydrogen-bond acceptors (Lipinski definition) is 5. The van der Waals surface area contributed by atoms with Crippen LogP contribution >= 0.6 is 0 Å². The molecular weight excluding hydrogens is 496 g/mol. The summed E-state index contributed by atoms with van der Waals surface area (Å²) in [5.74, 6) is -0.265. The first kappa shape index (κ1) is 28.4. The number of hydrogen-bond donors (Lipinski definition) is 3. The fourth-order valence-corrected chi connectivity index (χ4v) is 5.25. The standard InChI is InChI=1S/C30H40N4O5/c1-20-17-34(21(2)19-35)29(37)24-15-10-16-25(32-28(36)22-11-6-4-7-12-22)27(24)39-26(20)18-33(3)30(38)31-23-13-8-5-9-14-23/h5,8-10,13-16,20-22,26,35H,4,6-7,11-12,17-19H2,1-3H3,(H,31,38)(H,32,36)/t20-,21-,26-/m1/s1. The van der Waals surface area contributed by atoms with E-state index in [1.54, 1.807) is 42.0 Å². The van der Waals surface area contributed by atoms with Crippen molar-refractivity contribution in [2.45, 2.75) is 58.1 Å². The van der Waals surface area contributed by atoms with E-state index in [-0.39, 0.29) is 42.8 Å². The molecular formula is C30H40N4O5. The minimum atomic E-state index is -0.482. The molecule has 0 spiro atoms. The first-order chi connectivity index (χ1) is 18.8. The Kier molecular flexibility index (Phi) is 9.45. The number of aliphatic hydroxyl groups excluding tert-OH is 1. The van der Waals surface area contributed by atoms with Gasteiger partial charge in [0.05, 0.1) is 30.4 Å². The van der Waals surface area contributed by atoms with Crippen molar-refractivity contribution in [3.05, 3.63) is 54.1 Å². The number of para-hydroxylation sites is 2. The van der Waals surface area contributed by atoms with Gasteiger partial charge in [-0.15, -0.1) is 0 Å². The Hall–Kier alpha value is -3.59. The number of carbonyl (C=O) groups excluding carboxylic acids is 3.